The van der Waals surface area contributed by atoms with Gasteiger partial charge in [0.2, 0.25) is 0 Å². The molecule has 0 unspecified atom stereocenters. The summed E-state index contributed by atoms with van der Waals surface area (Å²) in [6, 6.07) is 9.36. The number of hydrogen-bond donors (Lipinski definition) is 1. The zero-order chi connectivity index (χ0) is 9.80. The summed E-state index contributed by atoms with van der Waals surface area (Å²) in [5.74, 6) is -0.124. The number of rotatable bonds is 2. The van der Waals surface area contributed by atoms with E-state index < -0.39 is 0 Å². The Labute approximate surface area is 82.3 Å². The second-order valence-electron chi connectivity index (χ2n) is 2.90. The first-order chi connectivity index (χ1) is 6.86. The van der Waals surface area contributed by atoms with Gasteiger partial charge in [0.05, 0.1) is 5.57 Å². The fraction of sp³-hybridized carbons (Fsp3) is 0. The summed E-state index contributed by atoms with van der Waals surface area (Å²) >= 11 is 0. The van der Waals surface area contributed by atoms with Crippen LogP contribution >= 0.6 is 0 Å². The van der Waals surface area contributed by atoms with Gasteiger partial charge in [-0.05, 0) is 24.3 Å². The molecule has 1 N–H and O–H groups in total. The van der Waals surface area contributed by atoms with Crippen molar-refractivity contribution in [1.82, 2.24) is 0 Å². The van der Waals surface area contributed by atoms with E-state index in [-0.39, 0.29) is 5.91 Å². The highest BCUT2D eigenvalue weighted by atomic mass is 16.1. The second kappa shape index (κ2) is 3.77. The highest BCUT2D eigenvalue weighted by Crippen LogP contribution is 2.09. The molecule has 14 heavy (non-hydrogen) atoms. The summed E-state index contributed by atoms with van der Waals surface area (Å²) in [4.78, 5) is 11.5. The van der Waals surface area contributed by atoms with E-state index in [9.17, 15) is 4.79 Å². The van der Waals surface area contributed by atoms with Gasteiger partial charge >= 0.3 is 0 Å². The quantitative estimate of drug-likeness (QED) is 0.700. The highest BCUT2D eigenvalue weighted by molar-refractivity contribution is 6.06. The molecule has 0 radical (unpaired) electrons. The van der Waals surface area contributed by atoms with Crippen LogP contribution < -0.4 is 5.32 Å². The van der Waals surface area contributed by atoms with Gasteiger partial charge in [0.15, 0.2) is 0 Å². The molecule has 0 heterocycles. The third-order valence-electron chi connectivity index (χ3n) is 1.87. The van der Waals surface area contributed by atoms with Gasteiger partial charge in [-0.15, -0.1) is 5.73 Å². The van der Waals surface area contributed by atoms with E-state index in [0.29, 0.717) is 5.57 Å². The summed E-state index contributed by atoms with van der Waals surface area (Å²) in [5.41, 5.74) is 4.21. The SMILES string of the molecule is O=C(Nc1ccccc1)C1=C=CC=C1. The van der Waals surface area contributed by atoms with Crippen LogP contribution in [0.25, 0.3) is 0 Å². The molecular weight excluding hydrogens is 174 g/mol. The molecule has 0 saturated carbocycles. The first kappa shape index (κ1) is 8.54. The lowest BCUT2D eigenvalue weighted by Crippen LogP contribution is -2.11. The fourth-order valence-electron chi connectivity index (χ4n) is 1.19. The Bertz CT molecular complexity index is 437. The van der Waals surface area contributed by atoms with Crippen LogP contribution in [0.2, 0.25) is 0 Å². The lowest BCUT2D eigenvalue weighted by molar-refractivity contribution is -0.112. The van der Waals surface area contributed by atoms with Crippen molar-refractivity contribution in [2.24, 2.45) is 0 Å². The number of hydrogen-bond acceptors (Lipinski definition) is 1. The van der Waals surface area contributed by atoms with Crippen LogP contribution in [-0.4, -0.2) is 5.91 Å². The molecule has 1 aliphatic carbocycles. The molecule has 0 atom stereocenters. The molecule has 2 heteroatoms. The van der Waals surface area contributed by atoms with E-state index in [0.717, 1.165) is 5.69 Å². The molecule has 68 valence electrons. The molecule has 1 aromatic rings. The Kier molecular flexibility index (Phi) is 2.30. The fourth-order valence-corrected chi connectivity index (χ4v) is 1.19. The van der Waals surface area contributed by atoms with Crippen molar-refractivity contribution >= 4 is 11.6 Å². The van der Waals surface area contributed by atoms with Crippen LogP contribution in [-0.2, 0) is 4.79 Å². The van der Waals surface area contributed by atoms with Crippen LogP contribution in [0.15, 0.2) is 59.9 Å². The zero-order valence-corrected chi connectivity index (χ0v) is 7.53. The van der Waals surface area contributed by atoms with Gasteiger partial charge in [-0.2, -0.15) is 0 Å². The van der Waals surface area contributed by atoms with Crippen molar-refractivity contribution in [3.63, 3.8) is 0 Å². The minimum absolute atomic E-state index is 0.124. The second-order valence-corrected chi connectivity index (χ2v) is 2.90. The molecular formula is C12H9NO. The van der Waals surface area contributed by atoms with E-state index in [1.165, 1.54) is 0 Å². The number of para-hydroxylation sites is 1. The molecule has 0 aromatic heterocycles. The van der Waals surface area contributed by atoms with Crippen LogP contribution in [0.5, 0.6) is 0 Å². The maximum atomic E-state index is 11.5. The summed E-state index contributed by atoms with van der Waals surface area (Å²) in [7, 11) is 0. The zero-order valence-electron chi connectivity index (χ0n) is 7.53. The van der Waals surface area contributed by atoms with Gasteiger partial charge in [-0.3, -0.25) is 4.79 Å². The Morgan fingerprint density at radius 3 is 2.64 bits per heavy atom. The van der Waals surface area contributed by atoms with E-state index in [1.54, 1.807) is 18.2 Å². The number of allylic oxidation sites excluding steroid dienone is 1. The molecule has 0 bridgehead atoms. The monoisotopic (exact) mass is 183 g/mol. The van der Waals surface area contributed by atoms with E-state index in [4.69, 9.17) is 0 Å². The lowest BCUT2D eigenvalue weighted by Gasteiger charge is -2.02. The van der Waals surface area contributed by atoms with Crippen molar-refractivity contribution < 1.29 is 4.79 Å². The van der Waals surface area contributed by atoms with Gasteiger partial charge in [0.25, 0.3) is 5.91 Å². The molecule has 1 aromatic carbocycles. The van der Waals surface area contributed by atoms with Crippen LogP contribution in [0, 0.1) is 0 Å². The smallest absolute Gasteiger partial charge is 0.263 e. The average Bonchev–Trinajstić information content (AvgIpc) is 2.72. The summed E-state index contributed by atoms with van der Waals surface area (Å²) in [6.45, 7) is 0. The normalized spacial score (nSPS) is 12.7. The number of benzene rings is 1. The minimum atomic E-state index is -0.124. The van der Waals surface area contributed by atoms with E-state index in [2.05, 4.69) is 11.0 Å². The third-order valence-corrected chi connectivity index (χ3v) is 1.87. The molecule has 0 fully saturated rings. The van der Waals surface area contributed by atoms with Crippen molar-refractivity contribution in [3.8, 4) is 0 Å². The number of carbonyl (C=O) groups excluding carboxylic acids is 1. The number of amides is 1. The summed E-state index contributed by atoms with van der Waals surface area (Å²) < 4.78 is 0. The Balaban J connectivity index is 2.09. The average molecular weight is 183 g/mol. The predicted molar refractivity (Wildman–Crippen MR) is 55.8 cm³/mol. The minimum Gasteiger partial charge on any atom is -0.321 e. The summed E-state index contributed by atoms with van der Waals surface area (Å²) in [5, 5.41) is 2.77. The highest BCUT2D eigenvalue weighted by Gasteiger charge is 2.06. The predicted octanol–water partition coefficient (Wildman–Crippen LogP) is 2.28. The molecule has 1 amide bonds. The number of nitrogens with one attached hydrogen (secondary N) is 1. The molecule has 0 aliphatic heterocycles. The van der Waals surface area contributed by atoms with Gasteiger partial charge in [0, 0.05) is 5.69 Å². The van der Waals surface area contributed by atoms with Crippen molar-refractivity contribution in [2.75, 3.05) is 5.32 Å². The Hall–Kier alpha value is -2.05. The number of anilines is 1. The van der Waals surface area contributed by atoms with Crippen LogP contribution in [0.3, 0.4) is 0 Å². The van der Waals surface area contributed by atoms with E-state index >= 15 is 0 Å². The molecule has 2 rings (SSSR count). The van der Waals surface area contributed by atoms with Gasteiger partial charge in [-0.25, -0.2) is 0 Å². The van der Waals surface area contributed by atoms with E-state index in [1.807, 2.05) is 30.3 Å². The van der Waals surface area contributed by atoms with Crippen molar-refractivity contribution in [1.29, 1.82) is 0 Å². The van der Waals surface area contributed by atoms with Crippen LogP contribution in [0.4, 0.5) is 5.69 Å². The maximum absolute atomic E-state index is 11.5. The molecule has 1 aliphatic rings. The lowest BCUT2D eigenvalue weighted by atomic mass is 10.2. The Morgan fingerprint density at radius 1 is 1.21 bits per heavy atom. The molecule has 0 spiro atoms. The molecule has 2 nitrogen and oxygen atoms in total. The topological polar surface area (TPSA) is 29.1 Å². The Morgan fingerprint density at radius 2 is 2.00 bits per heavy atom. The standard InChI is InChI=1S/C12H9NO/c14-12(10-6-4-5-7-10)13-11-8-2-1-3-9-11/h1-6,8-9H,(H,13,14). The largest absolute Gasteiger partial charge is 0.321 e. The van der Waals surface area contributed by atoms with Crippen molar-refractivity contribution in [2.45, 2.75) is 0 Å². The van der Waals surface area contributed by atoms with Crippen molar-refractivity contribution in [3.05, 3.63) is 59.9 Å². The van der Waals surface area contributed by atoms with Crippen LogP contribution in [0.1, 0.15) is 0 Å². The maximum Gasteiger partial charge on any atom is 0.263 e. The summed E-state index contributed by atoms with van der Waals surface area (Å²) in [6.07, 6.45) is 5.25. The van der Waals surface area contributed by atoms with Gasteiger partial charge in [0.1, 0.15) is 0 Å². The molecule has 0 saturated heterocycles. The van der Waals surface area contributed by atoms with Gasteiger partial charge < -0.3 is 5.32 Å². The number of carbonyl (C=O) groups is 1. The first-order valence-corrected chi connectivity index (χ1v) is 4.36. The first-order valence-electron chi connectivity index (χ1n) is 4.36. The third kappa shape index (κ3) is 1.82. The van der Waals surface area contributed by atoms with Gasteiger partial charge in [-0.1, -0.05) is 24.3 Å².